The van der Waals surface area contributed by atoms with Gasteiger partial charge in [-0.25, -0.2) is 14.4 Å². The van der Waals surface area contributed by atoms with Crippen molar-refractivity contribution in [3.05, 3.63) is 77.5 Å². The highest BCUT2D eigenvalue weighted by Gasteiger charge is 2.18. The zero-order valence-electron chi connectivity index (χ0n) is 20.8. The van der Waals surface area contributed by atoms with Gasteiger partial charge in [0.05, 0.1) is 5.69 Å². The molecule has 11 heteroatoms. The molecule has 4 aromatic rings. The number of hydrogen-bond donors (Lipinski definition) is 4. The summed E-state index contributed by atoms with van der Waals surface area (Å²) in [5.74, 6) is -0.288. The van der Waals surface area contributed by atoms with Crippen LogP contribution in [0.25, 0.3) is 22.4 Å². The Morgan fingerprint density at radius 1 is 1.16 bits per heavy atom. The number of nitrogens with one attached hydrogen (secondary N) is 4. The molecule has 0 bridgehead atoms. The van der Waals surface area contributed by atoms with Gasteiger partial charge in [0.15, 0.2) is 5.65 Å². The van der Waals surface area contributed by atoms with Gasteiger partial charge in [-0.05, 0) is 69.4 Å². The monoisotopic (exact) mass is 514 g/mol. The quantitative estimate of drug-likeness (QED) is 0.274. The third-order valence-corrected chi connectivity index (χ3v) is 6.36. The van der Waals surface area contributed by atoms with Crippen LogP contribution in [-0.4, -0.2) is 56.9 Å². The number of aromatic nitrogens is 4. The number of nitrogens with zero attached hydrogens (tertiary/aromatic N) is 4. The lowest BCUT2D eigenvalue weighted by Gasteiger charge is -2.30. The Bertz CT molecular complexity index is 1560. The summed E-state index contributed by atoms with van der Waals surface area (Å²) in [6.45, 7) is 5.40. The molecule has 1 saturated heterocycles. The van der Waals surface area contributed by atoms with E-state index in [9.17, 15) is 14.0 Å². The Morgan fingerprint density at radius 2 is 1.97 bits per heavy atom. The lowest BCUT2D eigenvalue weighted by Crippen LogP contribution is -2.36. The third-order valence-electron chi connectivity index (χ3n) is 6.36. The van der Waals surface area contributed by atoms with Gasteiger partial charge in [0.1, 0.15) is 17.0 Å². The number of anilines is 4. The first-order chi connectivity index (χ1) is 18.4. The van der Waals surface area contributed by atoms with Crippen molar-refractivity contribution >= 4 is 40.0 Å². The highest BCUT2D eigenvalue weighted by molar-refractivity contribution is 5.99. The number of carbonyl (C=O) groups excluding carboxylic acids is 1. The summed E-state index contributed by atoms with van der Waals surface area (Å²) in [6.07, 6.45) is 4.46. The van der Waals surface area contributed by atoms with Crippen LogP contribution >= 0.6 is 0 Å². The minimum absolute atomic E-state index is 0.169. The average Bonchev–Trinajstić information content (AvgIpc) is 2.91. The molecule has 4 N–H and O–H groups in total. The van der Waals surface area contributed by atoms with E-state index in [1.165, 1.54) is 18.3 Å². The molecule has 0 unspecified atom stereocenters. The third kappa shape index (κ3) is 5.68. The van der Waals surface area contributed by atoms with Crippen LogP contribution < -0.4 is 21.5 Å². The SMILES string of the molecule is C=CC(=O)Nc1cccc(-c2nc3nc(Nc4ccc(NC5CCN(C)CC5)c(F)c4)ncc3c(=O)[nH]2)c1. The van der Waals surface area contributed by atoms with Crippen LogP contribution in [0.1, 0.15) is 12.8 Å². The lowest BCUT2D eigenvalue weighted by molar-refractivity contribution is -0.111. The second-order valence-corrected chi connectivity index (χ2v) is 9.16. The molecule has 2 aromatic carbocycles. The topological polar surface area (TPSA) is 128 Å². The number of benzene rings is 2. The summed E-state index contributed by atoms with van der Waals surface area (Å²) in [5, 5.41) is 9.16. The molecule has 194 valence electrons. The van der Waals surface area contributed by atoms with Crippen molar-refractivity contribution in [2.75, 3.05) is 36.1 Å². The predicted octanol–water partition coefficient (Wildman–Crippen LogP) is 3.89. The van der Waals surface area contributed by atoms with Crippen LogP contribution in [0.4, 0.5) is 27.4 Å². The van der Waals surface area contributed by atoms with E-state index in [0.717, 1.165) is 25.9 Å². The Kier molecular flexibility index (Phi) is 7.09. The molecule has 10 nitrogen and oxygen atoms in total. The van der Waals surface area contributed by atoms with E-state index < -0.39 is 5.56 Å². The first-order valence-electron chi connectivity index (χ1n) is 12.2. The highest BCUT2D eigenvalue weighted by atomic mass is 19.1. The first-order valence-corrected chi connectivity index (χ1v) is 12.2. The molecule has 0 saturated carbocycles. The Morgan fingerprint density at radius 3 is 2.74 bits per heavy atom. The number of carbonyl (C=O) groups is 1. The molecule has 0 aliphatic carbocycles. The molecular formula is C27H27FN8O2. The molecule has 1 fully saturated rings. The Labute approximate surface area is 218 Å². The molecule has 1 aliphatic heterocycles. The highest BCUT2D eigenvalue weighted by Crippen LogP contribution is 2.24. The lowest BCUT2D eigenvalue weighted by atomic mass is 10.1. The zero-order valence-corrected chi connectivity index (χ0v) is 20.8. The number of aromatic amines is 1. The van der Waals surface area contributed by atoms with Gasteiger partial charge in [-0.1, -0.05) is 18.7 Å². The fourth-order valence-corrected chi connectivity index (χ4v) is 4.27. The van der Waals surface area contributed by atoms with Crippen LogP contribution in [0.15, 0.2) is 66.1 Å². The predicted molar refractivity (Wildman–Crippen MR) is 146 cm³/mol. The standard InChI is InChI=1S/C27H27FN8O2/c1-3-23(37)31-18-6-4-5-16(13-18)24-33-25-20(26(38)34-24)15-29-27(35-25)32-19-7-8-22(21(28)14-19)30-17-9-11-36(2)12-10-17/h3-8,13-15,17,30H,1,9-12H2,2H3,(H,31,37)(H2,29,32,33,34,35,38). The van der Waals surface area contributed by atoms with Gasteiger partial charge >= 0.3 is 0 Å². The van der Waals surface area contributed by atoms with Gasteiger partial charge in [-0.3, -0.25) is 9.59 Å². The molecule has 2 aromatic heterocycles. The second kappa shape index (κ2) is 10.8. The number of piperidine rings is 1. The van der Waals surface area contributed by atoms with E-state index >= 15 is 0 Å². The van der Waals surface area contributed by atoms with Crippen molar-refractivity contribution < 1.29 is 9.18 Å². The number of halogens is 1. The number of amides is 1. The van der Waals surface area contributed by atoms with Crippen LogP contribution in [0.2, 0.25) is 0 Å². The number of H-pyrrole nitrogens is 1. The molecule has 5 rings (SSSR count). The number of hydrogen-bond acceptors (Lipinski definition) is 8. The molecule has 38 heavy (non-hydrogen) atoms. The minimum atomic E-state index is -0.410. The van der Waals surface area contributed by atoms with E-state index in [4.69, 9.17) is 0 Å². The summed E-state index contributed by atoms with van der Waals surface area (Å²) >= 11 is 0. The zero-order chi connectivity index (χ0) is 26.6. The maximum absolute atomic E-state index is 14.8. The van der Waals surface area contributed by atoms with Crippen molar-refractivity contribution in [3.63, 3.8) is 0 Å². The second-order valence-electron chi connectivity index (χ2n) is 9.16. The molecule has 1 amide bonds. The smallest absolute Gasteiger partial charge is 0.262 e. The summed E-state index contributed by atoms with van der Waals surface area (Å²) in [4.78, 5) is 42.3. The van der Waals surface area contributed by atoms with E-state index in [1.807, 2.05) is 0 Å². The molecule has 0 spiro atoms. The average molecular weight is 515 g/mol. The summed E-state index contributed by atoms with van der Waals surface area (Å²) < 4.78 is 14.8. The van der Waals surface area contributed by atoms with Crippen molar-refractivity contribution in [2.45, 2.75) is 18.9 Å². The largest absolute Gasteiger partial charge is 0.380 e. The molecular weight excluding hydrogens is 487 g/mol. The van der Waals surface area contributed by atoms with Gasteiger partial charge in [-0.15, -0.1) is 0 Å². The van der Waals surface area contributed by atoms with Crippen LogP contribution in [-0.2, 0) is 4.79 Å². The van der Waals surface area contributed by atoms with Gasteiger partial charge < -0.3 is 25.8 Å². The number of fused-ring (bicyclic) bond motifs is 1. The Balaban J connectivity index is 1.36. The van der Waals surface area contributed by atoms with Crippen molar-refractivity contribution in [1.82, 2.24) is 24.8 Å². The number of likely N-dealkylation sites (tertiary alicyclic amines) is 1. The molecule has 3 heterocycles. The fourth-order valence-electron chi connectivity index (χ4n) is 4.27. The number of rotatable bonds is 7. The maximum atomic E-state index is 14.8. The summed E-state index contributed by atoms with van der Waals surface area (Å²) in [7, 11) is 2.09. The van der Waals surface area contributed by atoms with Crippen LogP contribution in [0.3, 0.4) is 0 Å². The normalized spacial score (nSPS) is 14.3. The fraction of sp³-hybridized carbons (Fsp3) is 0.222. The van der Waals surface area contributed by atoms with E-state index in [0.29, 0.717) is 22.6 Å². The van der Waals surface area contributed by atoms with Gasteiger partial charge in [-0.2, -0.15) is 4.98 Å². The van der Waals surface area contributed by atoms with E-state index in [1.54, 1.807) is 36.4 Å². The van der Waals surface area contributed by atoms with Crippen molar-refractivity contribution in [1.29, 1.82) is 0 Å². The van der Waals surface area contributed by atoms with Gasteiger partial charge in [0.2, 0.25) is 11.9 Å². The molecule has 0 radical (unpaired) electrons. The van der Waals surface area contributed by atoms with E-state index in [-0.39, 0.29) is 40.6 Å². The van der Waals surface area contributed by atoms with Crippen molar-refractivity contribution in [2.24, 2.45) is 0 Å². The molecule has 1 aliphatic rings. The van der Waals surface area contributed by atoms with Crippen LogP contribution in [0.5, 0.6) is 0 Å². The molecule has 0 atom stereocenters. The maximum Gasteiger partial charge on any atom is 0.262 e. The minimum Gasteiger partial charge on any atom is -0.380 e. The van der Waals surface area contributed by atoms with Crippen molar-refractivity contribution in [3.8, 4) is 11.4 Å². The first kappa shape index (κ1) is 25.0. The summed E-state index contributed by atoms with van der Waals surface area (Å²) in [5.41, 5.74) is 1.78. The van der Waals surface area contributed by atoms with Gasteiger partial charge in [0.25, 0.3) is 5.56 Å². The van der Waals surface area contributed by atoms with Crippen LogP contribution in [0, 0.1) is 5.82 Å². The Hall–Kier alpha value is -4.64. The van der Waals surface area contributed by atoms with Gasteiger partial charge in [0, 0.05) is 29.2 Å². The summed E-state index contributed by atoms with van der Waals surface area (Å²) in [6, 6.07) is 11.9. The van der Waals surface area contributed by atoms with E-state index in [2.05, 4.69) is 54.4 Å².